The van der Waals surface area contributed by atoms with Gasteiger partial charge in [-0.2, -0.15) is 0 Å². The van der Waals surface area contributed by atoms with Gasteiger partial charge in [0.15, 0.2) is 5.82 Å². The molecule has 0 fully saturated rings. The van der Waals surface area contributed by atoms with Crippen molar-refractivity contribution < 1.29 is 9.90 Å². The van der Waals surface area contributed by atoms with Crippen LogP contribution in [0, 0.1) is 0 Å². The monoisotopic (exact) mass is 371 g/mol. The second kappa shape index (κ2) is 6.46. The van der Waals surface area contributed by atoms with Crippen LogP contribution in [-0.4, -0.2) is 26.3 Å². The molecule has 4 rings (SSSR count). The summed E-state index contributed by atoms with van der Waals surface area (Å²) in [5, 5.41) is 13.0. The third-order valence-corrected chi connectivity index (χ3v) is 5.47. The Bertz CT molecular complexity index is 940. The molecule has 0 unspecified atom stereocenters. The number of aromatic nitrogens is 2. The second-order valence-corrected chi connectivity index (χ2v) is 7.19. The summed E-state index contributed by atoms with van der Waals surface area (Å²) in [6.07, 6.45) is 1.69. The maximum Gasteiger partial charge on any atom is 0.235 e. The Kier molecular flexibility index (Phi) is 4.15. The van der Waals surface area contributed by atoms with Crippen LogP contribution < -0.4 is 5.32 Å². The molecule has 0 bridgehead atoms. The lowest BCUT2D eigenvalue weighted by Gasteiger charge is -2.18. The first-order valence-corrected chi connectivity index (χ1v) is 9.08. The van der Waals surface area contributed by atoms with Crippen molar-refractivity contribution in [3.8, 4) is 11.4 Å². The number of amides is 1. The zero-order valence-corrected chi connectivity index (χ0v) is 14.6. The van der Waals surface area contributed by atoms with Gasteiger partial charge >= 0.3 is 0 Å². The number of nitrogens with one attached hydrogen (secondary N) is 1. The van der Waals surface area contributed by atoms with E-state index in [2.05, 4.69) is 10.3 Å². The molecule has 1 aromatic heterocycles. The van der Waals surface area contributed by atoms with Gasteiger partial charge in [0.1, 0.15) is 12.1 Å². The highest BCUT2D eigenvalue weighted by atomic mass is 35.5. The van der Waals surface area contributed by atoms with Gasteiger partial charge in [0.2, 0.25) is 5.91 Å². The highest BCUT2D eigenvalue weighted by Gasteiger charge is 2.29. The van der Waals surface area contributed by atoms with Crippen molar-refractivity contribution >= 4 is 35.1 Å². The largest absolute Gasteiger partial charge is 0.508 e. The first-order valence-electron chi connectivity index (χ1n) is 7.65. The standard InChI is InChI=1S/C18H14ClN3O2S/c19-12-2-1-3-13(8-12)22-10-20-18-16(22)17(25-9-15(24)21-18)11-4-6-14(23)7-5-11/h1-8,10,17,23H,9H2,(H,21,24)/t17-/m1/s1. The van der Waals surface area contributed by atoms with Crippen molar-refractivity contribution in [1.29, 1.82) is 0 Å². The van der Waals surface area contributed by atoms with E-state index in [-0.39, 0.29) is 16.9 Å². The Balaban J connectivity index is 1.88. The van der Waals surface area contributed by atoms with Crippen LogP contribution in [0.5, 0.6) is 5.75 Å². The van der Waals surface area contributed by atoms with E-state index in [9.17, 15) is 9.90 Å². The van der Waals surface area contributed by atoms with Crippen molar-refractivity contribution in [2.45, 2.75) is 5.25 Å². The Morgan fingerprint density at radius 3 is 2.80 bits per heavy atom. The molecule has 2 heterocycles. The number of rotatable bonds is 2. The summed E-state index contributed by atoms with van der Waals surface area (Å²) in [5.41, 5.74) is 2.75. The first kappa shape index (κ1) is 16.1. The SMILES string of the molecule is O=C1CS[C@H](c2ccc(O)cc2)c2c(ncn2-c2cccc(Cl)c2)N1. The van der Waals surface area contributed by atoms with Gasteiger partial charge in [-0.15, -0.1) is 11.8 Å². The fraction of sp³-hybridized carbons (Fsp3) is 0.111. The number of hydrogen-bond donors (Lipinski definition) is 2. The van der Waals surface area contributed by atoms with Crippen LogP contribution in [0.3, 0.4) is 0 Å². The summed E-state index contributed by atoms with van der Waals surface area (Å²) >= 11 is 7.66. The normalized spacial score (nSPS) is 16.8. The summed E-state index contributed by atoms with van der Waals surface area (Å²) in [5.74, 6) is 1.01. The predicted molar refractivity (Wildman–Crippen MR) is 99.6 cm³/mol. The van der Waals surface area contributed by atoms with E-state index in [1.807, 2.05) is 41.0 Å². The molecule has 1 amide bonds. The molecule has 0 saturated heterocycles. The van der Waals surface area contributed by atoms with E-state index in [4.69, 9.17) is 11.6 Å². The molecule has 126 valence electrons. The maximum atomic E-state index is 12.0. The van der Waals surface area contributed by atoms with Crippen LogP contribution in [0.15, 0.2) is 54.9 Å². The molecule has 0 spiro atoms. The predicted octanol–water partition coefficient (Wildman–Crippen LogP) is 4.01. The second-order valence-electron chi connectivity index (χ2n) is 5.66. The van der Waals surface area contributed by atoms with Gasteiger partial charge < -0.3 is 10.4 Å². The van der Waals surface area contributed by atoms with E-state index in [0.717, 1.165) is 16.9 Å². The number of hydrogen-bond acceptors (Lipinski definition) is 4. The Morgan fingerprint density at radius 1 is 1.24 bits per heavy atom. The average Bonchev–Trinajstić information content (AvgIpc) is 2.92. The van der Waals surface area contributed by atoms with Gasteiger partial charge in [-0.1, -0.05) is 29.8 Å². The van der Waals surface area contributed by atoms with E-state index < -0.39 is 0 Å². The van der Waals surface area contributed by atoms with Crippen molar-refractivity contribution in [2.24, 2.45) is 0 Å². The molecule has 2 N–H and O–H groups in total. The van der Waals surface area contributed by atoms with Crippen molar-refractivity contribution in [1.82, 2.24) is 9.55 Å². The number of anilines is 1. The minimum absolute atomic E-state index is 0.0797. The molecule has 5 nitrogen and oxygen atoms in total. The number of phenols is 1. The third kappa shape index (κ3) is 3.10. The number of halogens is 1. The number of carbonyl (C=O) groups is 1. The summed E-state index contributed by atoms with van der Waals surface area (Å²) in [7, 11) is 0. The number of aromatic hydroxyl groups is 1. The molecular weight excluding hydrogens is 358 g/mol. The number of benzene rings is 2. The van der Waals surface area contributed by atoms with Crippen LogP contribution >= 0.6 is 23.4 Å². The van der Waals surface area contributed by atoms with Crippen LogP contribution in [0.1, 0.15) is 16.5 Å². The lowest BCUT2D eigenvalue weighted by molar-refractivity contribution is -0.113. The van der Waals surface area contributed by atoms with Gasteiger partial charge in [0.05, 0.1) is 16.7 Å². The minimum Gasteiger partial charge on any atom is -0.508 e. The van der Waals surface area contributed by atoms with Crippen LogP contribution in [0.4, 0.5) is 5.82 Å². The van der Waals surface area contributed by atoms with Gasteiger partial charge in [0.25, 0.3) is 0 Å². The van der Waals surface area contributed by atoms with Gasteiger partial charge in [-0.3, -0.25) is 9.36 Å². The van der Waals surface area contributed by atoms with Gasteiger partial charge in [-0.05, 0) is 35.9 Å². The highest BCUT2D eigenvalue weighted by molar-refractivity contribution is 8.00. The van der Waals surface area contributed by atoms with E-state index in [0.29, 0.717) is 16.6 Å². The van der Waals surface area contributed by atoms with Crippen LogP contribution in [0.2, 0.25) is 5.02 Å². The topological polar surface area (TPSA) is 67.1 Å². The molecule has 3 aromatic rings. The summed E-state index contributed by atoms with van der Waals surface area (Å²) in [4.78, 5) is 16.4. The Labute approximate surface area is 153 Å². The molecular formula is C18H14ClN3O2S. The van der Waals surface area contributed by atoms with E-state index in [1.54, 1.807) is 18.5 Å². The molecule has 2 aromatic carbocycles. The molecule has 1 aliphatic rings. The van der Waals surface area contributed by atoms with Crippen molar-refractivity contribution in [2.75, 3.05) is 11.1 Å². The molecule has 1 atom stereocenters. The number of phenolic OH excluding ortho intramolecular Hbond substituents is 1. The third-order valence-electron chi connectivity index (χ3n) is 3.97. The Morgan fingerprint density at radius 2 is 2.04 bits per heavy atom. The quantitative estimate of drug-likeness (QED) is 0.714. The van der Waals surface area contributed by atoms with E-state index >= 15 is 0 Å². The maximum absolute atomic E-state index is 12.0. The molecule has 0 saturated carbocycles. The lowest BCUT2D eigenvalue weighted by Crippen LogP contribution is -2.12. The van der Waals surface area contributed by atoms with E-state index in [1.165, 1.54) is 11.8 Å². The smallest absolute Gasteiger partial charge is 0.235 e. The fourth-order valence-corrected chi connectivity index (χ4v) is 4.15. The zero-order valence-electron chi connectivity index (χ0n) is 13.0. The molecule has 1 aliphatic heterocycles. The van der Waals surface area contributed by atoms with Gasteiger partial charge in [0, 0.05) is 10.7 Å². The van der Waals surface area contributed by atoms with Crippen molar-refractivity contribution in [3.05, 3.63) is 71.1 Å². The lowest BCUT2D eigenvalue weighted by atomic mass is 10.1. The molecule has 0 aliphatic carbocycles. The van der Waals surface area contributed by atoms with Crippen molar-refractivity contribution in [3.63, 3.8) is 0 Å². The summed E-state index contributed by atoms with van der Waals surface area (Å²) in [6, 6.07) is 14.5. The Hall–Kier alpha value is -2.44. The van der Waals surface area contributed by atoms with Crippen LogP contribution in [0.25, 0.3) is 5.69 Å². The highest BCUT2D eigenvalue weighted by Crippen LogP contribution is 2.42. The summed E-state index contributed by atoms with van der Waals surface area (Å²) in [6.45, 7) is 0. The first-order chi connectivity index (χ1) is 12.1. The number of nitrogens with zero attached hydrogens (tertiary/aromatic N) is 2. The van der Waals surface area contributed by atoms with Gasteiger partial charge in [-0.25, -0.2) is 4.98 Å². The number of fused-ring (bicyclic) bond motifs is 1. The average molecular weight is 372 g/mol. The molecule has 0 radical (unpaired) electrons. The number of thioether (sulfide) groups is 1. The molecule has 7 heteroatoms. The number of carbonyl (C=O) groups excluding carboxylic acids is 1. The fourth-order valence-electron chi connectivity index (χ4n) is 2.85. The number of imidazole rings is 1. The minimum atomic E-state index is -0.101. The zero-order chi connectivity index (χ0) is 17.4. The molecule has 25 heavy (non-hydrogen) atoms. The van der Waals surface area contributed by atoms with Crippen LogP contribution in [-0.2, 0) is 4.79 Å². The summed E-state index contributed by atoms with van der Waals surface area (Å²) < 4.78 is 1.94.